The minimum atomic E-state index is -0.499. The number of benzene rings is 1. The molecule has 1 heterocycles. The monoisotopic (exact) mass is 292 g/mol. The number of aryl methyl sites for hydroxylation is 1. The maximum absolute atomic E-state index is 10.6. The van der Waals surface area contributed by atoms with Crippen molar-refractivity contribution in [3.63, 3.8) is 0 Å². The molecule has 2 atom stereocenters. The van der Waals surface area contributed by atoms with Crippen LogP contribution in [0.15, 0.2) is 18.2 Å². The molecule has 0 bridgehead atoms. The molecule has 0 spiro atoms. The lowest BCUT2D eigenvalue weighted by Gasteiger charge is -2.39. The number of likely N-dealkylation sites (N-methyl/N-ethyl adjacent to an activating group) is 1. The Labute approximate surface area is 128 Å². The van der Waals surface area contributed by atoms with E-state index in [-0.39, 0.29) is 0 Å². The highest BCUT2D eigenvalue weighted by atomic mass is 16.5. The van der Waals surface area contributed by atoms with Crippen molar-refractivity contribution in [1.82, 2.24) is 9.80 Å². The first-order chi connectivity index (χ1) is 10.0. The molecule has 0 saturated carbocycles. The van der Waals surface area contributed by atoms with Crippen LogP contribution in [0.5, 0.6) is 5.75 Å². The summed E-state index contributed by atoms with van der Waals surface area (Å²) in [5, 5.41) is 10.6. The summed E-state index contributed by atoms with van der Waals surface area (Å²) in [5.41, 5.74) is 2.04. The lowest BCUT2D eigenvalue weighted by atomic mass is 10.0. The van der Waals surface area contributed by atoms with Gasteiger partial charge in [-0.2, -0.15) is 0 Å². The molecular formula is C17H28N2O2. The van der Waals surface area contributed by atoms with Crippen molar-refractivity contribution >= 4 is 0 Å². The SMILES string of the molecule is CCC1CN(CC(O)c2cc(C)ccc2OC)CCN1C. The predicted molar refractivity (Wildman–Crippen MR) is 85.8 cm³/mol. The number of nitrogens with zero attached hydrogens (tertiary/aromatic N) is 2. The summed E-state index contributed by atoms with van der Waals surface area (Å²) in [6.07, 6.45) is 0.650. The van der Waals surface area contributed by atoms with Crippen LogP contribution in [-0.4, -0.2) is 61.3 Å². The van der Waals surface area contributed by atoms with E-state index in [9.17, 15) is 5.11 Å². The van der Waals surface area contributed by atoms with Crippen molar-refractivity contribution in [2.24, 2.45) is 0 Å². The lowest BCUT2D eigenvalue weighted by Crippen LogP contribution is -2.51. The van der Waals surface area contributed by atoms with Crippen molar-refractivity contribution < 1.29 is 9.84 Å². The smallest absolute Gasteiger partial charge is 0.124 e. The van der Waals surface area contributed by atoms with E-state index < -0.39 is 6.10 Å². The highest BCUT2D eigenvalue weighted by Gasteiger charge is 2.25. The zero-order valence-electron chi connectivity index (χ0n) is 13.7. The van der Waals surface area contributed by atoms with Crippen LogP contribution in [-0.2, 0) is 0 Å². The van der Waals surface area contributed by atoms with E-state index >= 15 is 0 Å². The Morgan fingerprint density at radius 3 is 2.81 bits per heavy atom. The van der Waals surface area contributed by atoms with Gasteiger partial charge < -0.3 is 14.7 Å². The standard InChI is InChI=1S/C17H28N2O2/c1-5-14-11-19(9-8-18(14)3)12-16(20)15-10-13(2)6-7-17(15)21-4/h6-7,10,14,16,20H,5,8-9,11-12H2,1-4H3. The molecule has 2 unspecified atom stereocenters. The van der Waals surface area contributed by atoms with Crippen LogP contribution >= 0.6 is 0 Å². The summed E-state index contributed by atoms with van der Waals surface area (Å²) in [6, 6.07) is 6.56. The van der Waals surface area contributed by atoms with Crippen LogP contribution in [0.1, 0.15) is 30.6 Å². The Kier molecular flexibility index (Phi) is 5.62. The molecule has 0 radical (unpaired) electrons. The molecule has 1 aliphatic heterocycles. The number of rotatable bonds is 5. The van der Waals surface area contributed by atoms with E-state index in [1.54, 1.807) is 7.11 Å². The summed E-state index contributed by atoms with van der Waals surface area (Å²) in [4.78, 5) is 4.77. The zero-order chi connectivity index (χ0) is 15.4. The molecule has 1 N–H and O–H groups in total. The van der Waals surface area contributed by atoms with Gasteiger partial charge in [-0.1, -0.05) is 18.6 Å². The maximum atomic E-state index is 10.6. The van der Waals surface area contributed by atoms with Crippen LogP contribution < -0.4 is 4.74 Å². The Balaban J connectivity index is 2.04. The van der Waals surface area contributed by atoms with Crippen molar-refractivity contribution in [1.29, 1.82) is 0 Å². The second-order valence-corrected chi connectivity index (χ2v) is 6.06. The van der Waals surface area contributed by atoms with Gasteiger partial charge in [0, 0.05) is 37.8 Å². The van der Waals surface area contributed by atoms with E-state index in [0.717, 1.165) is 42.9 Å². The van der Waals surface area contributed by atoms with Crippen LogP contribution in [0.25, 0.3) is 0 Å². The molecule has 1 fully saturated rings. The van der Waals surface area contributed by atoms with Crippen molar-refractivity contribution in [3.05, 3.63) is 29.3 Å². The number of methoxy groups -OCH3 is 1. The third-order valence-electron chi connectivity index (χ3n) is 4.51. The molecule has 1 aromatic rings. The van der Waals surface area contributed by atoms with E-state index in [1.165, 1.54) is 0 Å². The minimum absolute atomic E-state index is 0.499. The fourth-order valence-electron chi connectivity index (χ4n) is 3.07. The van der Waals surface area contributed by atoms with Gasteiger partial charge in [0.25, 0.3) is 0 Å². The Morgan fingerprint density at radius 2 is 2.14 bits per heavy atom. The van der Waals surface area contributed by atoms with E-state index in [2.05, 4.69) is 23.8 Å². The third-order valence-corrected chi connectivity index (χ3v) is 4.51. The van der Waals surface area contributed by atoms with Crippen LogP contribution in [0.3, 0.4) is 0 Å². The molecule has 0 aromatic heterocycles. The average Bonchev–Trinajstić information content (AvgIpc) is 2.49. The second-order valence-electron chi connectivity index (χ2n) is 6.06. The summed E-state index contributed by atoms with van der Waals surface area (Å²) in [6.45, 7) is 8.04. The van der Waals surface area contributed by atoms with Crippen molar-refractivity contribution in [3.8, 4) is 5.75 Å². The fraction of sp³-hybridized carbons (Fsp3) is 0.647. The van der Waals surface area contributed by atoms with Crippen LogP contribution in [0.2, 0.25) is 0 Å². The van der Waals surface area contributed by atoms with Crippen molar-refractivity contribution in [2.75, 3.05) is 40.3 Å². The molecular weight excluding hydrogens is 264 g/mol. The number of β-amino-alcohol motifs (C(OH)–C–C–N with tert-alkyl or cyclic N) is 1. The Bertz CT molecular complexity index is 464. The van der Waals surface area contributed by atoms with E-state index in [0.29, 0.717) is 12.6 Å². The largest absolute Gasteiger partial charge is 0.496 e. The molecule has 1 saturated heterocycles. The van der Waals surface area contributed by atoms with E-state index in [4.69, 9.17) is 4.74 Å². The highest BCUT2D eigenvalue weighted by Crippen LogP contribution is 2.27. The highest BCUT2D eigenvalue weighted by molar-refractivity contribution is 5.38. The number of hydrogen-bond donors (Lipinski definition) is 1. The number of hydrogen-bond acceptors (Lipinski definition) is 4. The van der Waals surface area contributed by atoms with Gasteiger partial charge >= 0.3 is 0 Å². The summed E-state index contributed by atoms with van der Waals surface area (Å²) in [7, 11) is 3.84. The first-order valence-corrected chi connectivity index (χ1v) is 7.80. The molecule has 4 heteroatoms. The van der Waals surface area contributed by atoms with Gasteiger partial charge in [-0.3, -0.25) is 4.90 Å². The number of piperazine rings is 1. The van der Waals surface area contributed by atoms with Gasteiger partial charge in [0.2, 0.25) is 0 Å². The average molecular weight is 292 g/mol. The third kappa shape index (κ3) is 3.96. The van der Waals surface area contributed by atoms with Gasteiger partial charge in [-0.15, -0.1) is 0 Å². The second kappa shape index (κ2) is 7.25. The first-order valence-electron chi connectivity index (χ1n) is 7.80. The normalized spacial score (nSPS) is 22.2. The molecule has 0 aliphatic carbocycles. The Morgan fingerprint density at radius 1 is 1.38 bits per heavy atom. The molecule has 1 aliphatic rings. The van der Waals surface area contributed by atoms with Gasteiger partial charge in [-0.05, 0) is 32.5 Å². The van der Waals surface area contributed by atoms with E-state index in [1.807, 2.05) is 25.1 Å². The summed E-state index contributed by atoms with van der Waals surface area (Å²) < 4.78 is 5.38. The minimum Gasteiger partial charge on any atom is -0.496 e. The molecule has 4 nitrogen and oxygen atoms in total. The topological polar surface area (TPSA) is 35.9 Å². The number of aliphatic hydroxyl groups is 1. The lowest BCUT2D eigenvalue weighted by molar-refractivity contribution is 0.0494. The number of ether oxygens (including phenoxy) is 1. The number of aliphatic hydroxyl groups excluding tert-OH is 1. The first kappa shape index (κ1) is 16.3. The van der Waals surface area contributed by atoms with Gasteiger partial charge in [0.05, 0.1) is 13.2 Å². The summed E-state index contributed by atoms with van der Waals surface area (Å²) >= 11 is 0. The fourth-order valence-corrected chi connectivity index (χ4v) is 3.07. The predicted octanol–water partition coefficient (Wildman–Crippen LogP) is 2.06. The Hall–Kier alpha value is -1.10. The molecule has 1 aromatic carbocycles. The van der Waals surface area contributed by atoms with Crippen LogP contribution in [0.4, 0.5) is 0 Å². The van der Waals surface area contributed by atoms with Crippen LogP contribution in [0, 0.1) is 6.92 Å². The molecule has 0 amide bonds. The summed E-state index contributed by atoms with van der Waals surface area (Å²) in [5.74, 6) is 0.772. The maximum Gasteiger partial charge on any atom is 0.124 e. The van der Waals surface area contributed by atoms with Crippen molar-refractivity contribution in [2.45, 2.75) is 32.4 Å². The molecule has 21 heavy (non-hydrogen) atoms. The van der Waals surface area contributed by atoms with Gasteiger partial charge in [0.15, 0.2) is 0 Å². The quantitative estimate of drug-likeness (QED) is 0.901. The zero-order valence-corrected chi connectivity index (χ0v) is 13.7. The molecule has 118 valence electrons. The molecule has 2 rings (SSSR count). The van der Waals surface area contributed by atoms with Gasteiger partial charge in [-0.25, -0.2) is 0 Å². The van der Waals surface area contributed by atoms with Gasteiger partial charge in [0.1, 0.15) is 5.75 Å².